The van der Waals surface area contributed by atoms with Gasteiger partial charge >= 0.3 is 0 Å². The van der Waals surface area contributed by atoms with Crippen molar-refractivity contribution in [1.29, 1.82) is 0 Å². The second-order valence-electron chi connectivity index (χ2n) is 7.42. The van der Waals surface area contributed by atoms with Gasteiger partial charge in [-0.15, -0.1) is 0 Å². The molecule has 0 radical (unpaired) electrons. The number of carbonyl (C=O) groups is 1. The molecule has 1 amide bonds. The van der Waals surface area contributed by atoms with Gasteiger partial charge in [0, 0.05) is 0 Å². The smallest absolute Gasteiger partial charge is 0.230 e. The van der Waals surface area contributed by atoms with Crippen LogP contribution in [0.4, 0.5) is 4.39 Å². The molecule has 3 rings (SSSR count). The average Bonchev–Trinajstić information content (AvgIpc) is 3.12. The van der Waals surface area contributed by atoms with Crippen molar-refractivity contribution in [2.24, 2.45) is 0 Å². The predicted octanol–water partition coefficient (Wildman–Crippen LogP) is 4.18. The third-order valence-electron chi connectivity index (χ3n) is 5.48. The van der Waals surface area contributed by atoms with Crippen molar-refractivity contribution in [2.45, 2.75) is 57.1 Å². The van der Waals surface area contributed by atoms with Gasteiger partial charge in [0.15, 0.2) is 0 Å². The Hall–Kier alpha value is -2.20. The van der Waals surface area contributed by atoms with Gasteiger partial charge in [-0.1, -0.05) is 54.8 Å². The quantitative estimate of drug-likeness (QED) is 0.845. The van der Waals surface area contributed by atoms with Gasteiger partial charge in [-0.05, 0) is 49.9 Å². The van der Waals surface area contributed by atoms with Gasteiger partial charge in [0.2, 0.25) is 5.91 Å². The summed E-state index contributed by atoms with van der Waals surface area (Å²) in [5.74, 6) is -0.448. The Morgan fingerprint density at radius 3 is 2.50 bits per heavy atom. The number of amides is 1. The molecule has 0 saturated heterocycles. The van der Waals surface area contributed by atoms with E-state index >= 15 is 0 Å². The normalized spacial score (nSPS) is 18.3. The summed E-state index contributed by atoms with van der Waals surface area (Å²) in [7, 11) is 0. The van der Waals surface area contributed by atoms with E-state index in [-0.39, 0.29) is 5.91 Å². The van der Waals surface area contributed by atoms with Gasteiger partial charge in [-0.2, -0.15) is 0 Å². The molecule has 1 aliphatic rings. The first-order valence-electron chi connectivity index (χ1n) is 9.24. The van der Waals surface area contributed by atoms with E-state index < -0.39 is 23.4 Å². The highest BCUT2D eigenvalue weighted by Gasteiger charge is 2.43. The zero-order valence-electron chi connectivity index (χ0n) is 15.3. The Labute approximate surface area is 154 Å². The Balaban J connectivity index is 1.80. The van der Waals surface area contributed by atoms with Gasteiger partial charge in [0.05, 0.1) is 17.6 Å². The molecule has 138 valence electrons. The monoisotopic (exact) mass is 355 g/mol. The van der Waals surface area contributed by atoms with Crippen molar-refractivity contribution in [3.05, 3.63) is 71.0 Å². The Morgan fingerprint density at radius 2 is 1.85 bits per heavy atom. The largest absolute Gasteiger partial charge is 0.386 e. The third-order valence-corrected chi connectivity index (χ3v) is 5.48. The summed E-state index contributed by atoms with van der Waals surface area (Å²) < 4.78 is 13.4. The molecule has 0 heterocycles. The van der Waals surface area contributed by atoms with Gasteiger partial charge in [-0.25, -0.2) is 4.39 Å². The van der Waals surface area contributed by atoms with Crippen molar-refractivity contribution in [1.82, 2.24) is 5.32 Å². The van der Waals surface area contributed by atoms with Crippen molar-refractivity contribution in [3.8, 4) is 0 Å². The molecule has 1 fully saturated rings. The molecule has 3 nitrogen and oxygen atoms in total. The first-order valence-corrected chi connectivity index (χ1v) is 9.24. The van der Waals surface area contributed by atoms with E-state index in [9.17, 15) is 14.3 Å². The number of hydrogen-bond acceptors (Lipinski definition) is 2. The van der Waals surface area contributed by atoms with E-state index in [4.69, 9.17) is 0 Å². The van der Waals surface area contributed by atoms with Gasteiger partial charge < -0.3 is 10.4 Å². The zero-order valence-corrected chi connectivity index (χ0v) is 15.3. The summed E-state index contributed by atoms with van der Waals surface area (Å²) in [6.07, 6.45) is 2.70. The molecule has 0 aliphatic heterocycles. The zero-order chi connectivity index (χ0) is 18.7. The minimum absolute atomic E-state index is 0.0523. The van der Waals surface area contributed by atoms with Gasteiger partial charge in [-0.3, -0.25) is 4.79 Å². The van der Waals surface area contributed by atoms with Crippen molar-refractivity contribution >= 4 is 5.91 Å². The van der Waals surface area contributed by atoms with Gasteiger partial charge in [0.1, 0.15) is 5.82 Å². The van der Waals surface area contributed by atoms with Crippen LogP contribution >= 0.6 is 0 Å². The van der Waals surface area contributed by atoms with Crippen LogP contribution in [0, 0.1) is 12.7 Å². The first-order chi connectivity index (χ1) is 12.4. The number of rotatable bonds is 5. The molecule has 0 unspecified atom stereocenters. The maximum atomic E-state index is 13.4. The summed E-state index contributed by atoms with van der Waals surface area (Å²) in [4.78, 5) is 13.2. The SMILES string of the molecule is Cc1cccc(C2(C(=O)N[C@H](C)[C@H](O)c3cccc(F)c3)CCCC2)c1. The molecular weight excluding hydrogens is 329 g/mol. The van der Waals surface area contributed by atoms with Crippen molar-refractivity contribution in [3.63, 3.8) is 0 Å². The van der Waals surface area contributed by atoms with Gasteiger partial charge in [0.25, 0.3) is 0 Å². The fraction of sp³-hybridized carbons (Fsp3) is 0.409. The Kier molecular flexibility index (Phi) is 5.42. The topological polar surface area (TPSA) is 49.3 Å². The number of nitrogens with one attached hydrogen (secondary N) is 1. The summed E-state index contributed by atoms with van der Waals surface area (Å²) in [6, 6.07) is 13.5. The van der Waals surface area contributed by atoms with E-state index in [0.29, 0.717) is 5.56 Å². The van der Waals surface area contributed by atoms with Crippen LogP contribution in [0.3, 0.4) is 0 Å². The standard InChI is InChI=1S/C22H26FNO2/c1-15-7-5-9-18(13-15)22(11-3-4-12-22)21(26)24-16(2)20(25)17-8-6-10-19(23)14-17/h5-10,13-14,16,20,25H,3-4,11-12H2,1-2H3,(H,24,26)/t16-,20+/m1/s1. The third kappa shape index (κ3) is 3.65. The molecule has 1 saturated carbocycles. The highest BCUT2D eigenvalue weighted by molar-refractivity contribution is 5.89. The minimum atomic E-state index is -0.953. The summed E-state index contributed by atoms with van der Waals surface area (Å²) in [5.41, 5.74) is 2.10. The molecule has 2 N–H and O–H groups in total. The lowest BCUT2D eigenvalue weighted by atomic mass is 9.77. The van der Waals surface area contributed by atoms with E-state index in [1.807, 2.05) is 25.1 Å². The molecule has 1 aliphatic carbocycles. The number of aryl methyl sites for hydroxylation is 1. The highest BCUT2D eigenvalue weighted by atomic mass is 19.1. The van der Waals surface area contributed by atoms with Crippen LogP contribution in [0.5, 0.6) is 0 Å². The lowest BCUT2D eigenvalue weighted by Crippen LogP contribution is -2.47. The van der Waals surface area contributed by atoms with Crippen LogP contribution < -0.4 is 5.32 Å². The summed E-state index contributed by atoms with van der Waals surface area (Å²) in [5, 5.41) is 13.5. The van der Waals surface area contributed by atoms with Crippen LogP contribution in [-0.2, 0) is 10.2 Å². The lowest BCUT2D eigenvalue weighted by Gasteiger charge is -2.31. The van der Waals surface area contributed by atoms with E-state index in [1.54, 1.807) is 19.1 Å². The highest BCUT2D eigenvalue weighted by Crippen LogP contribution is 2.42. The number of benzene rings is 2. The lowest BCUT2D eigenvalue weighted by molar-refractivity contribution is -0.128. The fourth-order valence-corrected chi connectivity index (χ4v) is 3.97. The molecule has 2 aromatic carbocycles. The van der Waals surface area contributed by atoms with Crippen molar-refractivity contribution < 1.29 is 14.3 Å². The second kappa shape index (κ2) is 7.58. The minimum Gasteiger partial charge on any atom is -0.386 e. The number of aliphatic hydroxyl groups is 1. The second-order valence-corrected chi connectivity index (χ2v) is 7.42. The first kappa shape index (κ1) is 18.6. The fourth-order valence-electron chi connectivity index (χ4n) is 3.97. The van der Waals surface area contributed by atoms with Crippen molar-refractivity contribution in [2.75, 3.05) is 0 Å². The number of aliphatic hydroxyl groups excluding tert-OH is 1. The van der Waals surface area contributed by atoms with E-state index in [1.165, 1.54) is 12.1 Å². The molecular formula is C22H26FNO2. The van der Waals surface area contributed by atoms with E-state index in [0.717, 1.165) is 36.8 Å². The number of carbonyl (C=O) groups excluding carboxylic acids is 1. The number of hydrogen-bond donors (Lipinski definition) is 2. The van der Waals surface area contributed by atoms with Crippen LogP contribution in [0.1, 0.15) is 55.4 Å². The molecule has 4 heteroatoms. The summed E-state index contributed by atoms with van der Waals surface area (Å²) >= 11 is 0. The van der Waals surface area contributed by atoms with E-state index in [2.05, 4.69) is 11.4 Å². The number of halogens is 1. The Morgan fingerprint density at radius 1 is 1.15 bits per heavy atom. The van der Waals surface area contributed by atoms with Crippen LogP contribution in [0.2, 0.25) is 0 Å². The molecule has 2 aromatic rings. The van der Waals surface area contributed by atoms with Crippen LogP contribution in [0.15, 0.2) is 48.5 Å². The van der Waals surface area contributed by atoms with Crippen LogP contribution in [-0.4, -0.2) is 17.1 Å². The molecule has 26 heavy (non-hydrogen) atoms. The Bertz CT molecular complexity index is 783. The maximum Gasteiger partial charge on any atom is 0.230 e. The van der Waals surface area contributed by atoms with Crippen LogP contribution in [0.25, 0.3) is 0 Å². The molecule has 2 atom stereocenters. The average molecular weight is 355 g/mol. The summed E-state index contributed by atoms with van der Waals surface area (Å²) in [6.45, 7) is 3.78. The molecule has 0 spiro atoms. The maximum absolute atomic E-state index is 13.4. The molecule has 0 aromatic heterocycles. The molecule has 0 bridgehead atoms. The predicted molar refractivity (Wildman–Crippen MR) is 100 cm³/mol.